The van der Waals surface area contributed by atoms with Crippen molar-refractivity contribution in [1.29, 1.82) is 0 Å². The molecule has 0 aliphatic heterocycles. The standard InChI is InChI=1S/C13H10Cl2N4O/c1-19-5-10(17-6-19)12-11(13(16)20-18-12)8-3-2-7(14)4-9(8)15/h2-6H,16H2,1H3. The van der Waals surface area contributed by atoms with E-state index in [9.17, 15) is 0 Å². The number of nitrogens with two attached hydrogens (primary N) is 1. The Bertz CT molecular complexity index is 779. The zero-order chi connectivity index (χ0) is 14.3. The summed E-state index contributed by atoms with van der Waals surface area (Å²) in [6, 6.07) is 5.16. The summed E-state index contributed by atoms with van der Waals surface area (Å²) in [7, 11) is 1.87. The maximum absolute atomic E-state index is 6.22. The highest BCUT2D eigenvalue weighted by Crippen LogP contribution is 2.39. The average Bonchev–Trinajstić information content (AvgIpc) is 2.96. The van der Waals surface area contributed by atoms with Gasteiger partial charge in [0, 0.05) is 23.8 Å². The second kappa shape index (κ2) is 4.85. The van der Waals surface area contributed by atoms with Crippen LogP contribution >= 0.6 is 23.2 Å². The minimum absolute atomic E-state index is 0.190. The van der Waals surface area contributed by atoms with Gasteiger partial charge in [-0.15, -0.1) is 0 Å². The fraction of sp³-hybridized carbons (Fsp3) is 0.0769. The molecular formula is C13H10Cl2N4O. The molecule has 2 heterocycles. The Morgan fingerprint density at radius 1 is 1.30 bits per heavy atom. The summed E-state index contributed by atoms with van der Waals surface area (Å²) >= 11 is 12.1. The molecule has 0 saturated heterocycles. The number of rotatable bonds is 2. The van der Waals surface area contributed by atoms with Crippen LogP contribution in [0.1, 0.15) is 0 Å². The van der Waals surface area contributed by atoms with Crippen molar-refractivity contribution in [3.05, 3.63) is 40.8 Å². The Hall–Kier alpha value is -1.98. The van der Waals surface area contributed by atoms with E-state index in [1.807, 2.05) is 17.8 Å². The largest absolute Gasteiger partial charge is 0.367 e. The zero-order valence-corrected chi connectivity index (χ0v) is 12.0. The average molecular weight is 309 g/mol. The Morgan fingerprint density at radius 3 is 2.75 bits per heavy atom. The fourth-order valence-corrected chi connectivity index (χ4v) is 2.47. The molecule has 2 N–H and O–H groups in total. The number of imidazole rings is 1. The highest BCUT2D eigenvalue weighted by molar-refractivity contribution is 6.36. The quantitative estimate of drug-likeness (QED) is 0.784. The zero-order valence-electron chi connectivity index (χ0n) is 10.5. The molecule has 0 saturated carbocycles. The van der Waals surface area contributed by atoms with E-state index in [0.29, 0.717) is 32.6 Å². The third kappa shape index (κ3) is 2.15. The fourth-order valence-electron chi connectivity index (χ4n) is 1.97. The molecule has 0 radical (unpaired) electrons. The monoisotopic (exact) mass is 308 g/mol. The molecule has 1 aromatic carbocycles. The number of hydrogen-bond acceptors (Lipinski definition) is 4. The van der Waals surface area contributed by atoms with Crippen molar-refractivity contribution in [3.8, 4) is 22.5 Å². The van der Waals surface area contributed by atoms with E-state index < -0.39 is 0 Å². The second-order valence-electron chi connectivity index (χ2n) is 4.32. The first-order valence-corrected chi connectivity index (χ1v) is 6.50. The molecule has 7 heteroatoms. The summed E-state index contributed by atoms with van der Waals surface area (Å²) in [4.78, 5) is 4.25. The highest BCUT2D eigenvalue weighted by atomic mass is 35.5. The van der Waals surface area contributed by atoms with Crippen molar-refractivity contribution in [2.45, 2.75) is 0 Å². The molecule has 0 spiro atoms. The van der Waals surface area contributed by atoms with E-state index in [1.165, 1.54) is 0 Å². The van der Waals surface area contributed by atoms with Crippen LogP contribution in [0, 0.1) is 0 Å². The van der Waals surface area contributed by atoms with Crippen LogP contribution in [-0.2, 0) is 7.05 Å². The van der Waals surface area contributed by atoms with Gasteiger partial charge in [0.2, 0.25) is 5.88 Å². The van der Waals surface area contributed by atoms with Crippen molar-refractivity contribution in [2.75, 3.05) is 5.73 Å². The minimum atomic E-state index is 0.190. The summed E-state index contributed by atoms with van der Waals surface area (Å²) in [5.74, 6) is 0.190. The first-order valence-electron chi connectivity index (χ1n) is 5.75. The third-order valence-electron chi connectivity index (χ3n) is 2.87. The van der Waals surface area contributed by atoms with Gasteiger partial charge in [-0.1, -0.05) is 34.4 Å². The molecule has 0 bridgehead atoms. The van der Waals surface area contributed by atoms with Gasteiger partial charge in [0.25, 0.3) is 0 Å². The molecule has 0 aliphatic rings. The summed E-state index contributed by atoms with van der Waals surface area (Å²) in [5, 5.41) is 5.00. The van der Waals surface area contributed by atoms with Crippen molar-refractivity contribution in [2.24, 2.45) is 7.05 Å². The molecule has 5 nitrogen and oxygen atoms in total. The van der Waals surface area contributed by atoms with Gasteiger partial charge in [0.1, 0.15) is 11.4 Å². The highest BCUT2D eigenvalue weighted by Gasteiger charge is 2.21. The molecule has 0 amide bonds. The molecule has 0 aliphatic carbocycles. The lowest BCUT2D eigenvalue weighted by Gasteiger charge is -2.04. The summed E-state index contributed by atoms with van der Waals surface area (Å²) in [6.07, 6.45) is 3.50. The SMILES string of the molecule is Cn1cnc(-c2noc(N)c2-c2ccc(Cl)cc2Cl)c1. The lowest BCUT2D eigenvalue weighted by Crippen LogP contribution is -1.89. The summed E-state index contributed by atoms with van der Waals surface area (Å²) in [6.45, 7) is 0. The molecule has 2 aromatic heterocycles. The smallest absolute Gasteiger partial charge is 0.230 e. The van der Waals surface area contributed by atoms with Crippen LogP contribution < -0.4 is 5.73 Å². The van der Waals surface area contributed by atoms with Crippen molar-refractivity contribution in [3.63, 3.8) is 0 Å². The molecule has 0 unspecified atom stereocenters. The molecule has 20 heavy (non-hydrogen) atoms. The van der Waals surface area contributed by atoms with E-state index in [1.54, 1.807) is 24.5 Å². The van der Waals surface area contributed by atoms with Crippen LogP contribution in [-0.4, -0.2) is 14.7 Å². The number of benzene rings is 1. The Kier molecular flexibility index (Phi) is 3.16. The van der Waals surface area contributed by atoms with Gasteiger partial charge in [0.05, 0.1) is 16.9 Å². The number of anilines is 1. The maximum atomic E-state index is 6.22. The Labute approximate surface area is 124 Å². The number of halogens is 2. The number of nitrogen functional groups attached to an aromatic ring is 1. The first kappa shape index (κ1) is 13.0. The van der Waals surface area contributed by atoms with Crippen LogP contribution in [0.2, 0.25) is 10.0 Å². The number of aromatic nitrogens is 3. The number of hydrogen-bond donors (Lipinski definition) is 1. The van der Waals surface area contributed by atoms with Gasteiger partial charge in [0.15, 0.2) is 0 Å². The van der Waals surface area contributed by atoms with Gasteiger partial charge >= 0.3 is 0 Å². The molecular weight excluding hydrogens is 299 g/mol. The van der Waals surface area contributed by atoms with Gasteiger partial charge in [-0.25, -0.2) is 4.98 Å². The van der Waals surface area contributed by atoms with Gasteiger partial charge in [-0.2, -0.15) is 0 Å². The van der Waals surface area contributed by atoms with Crippen LogP contribution in [0.25, 0.3) is 22.5 Å². The van der Waals surface area contributed by atoms with E-state index in [4.69, 9.17) is 33.5 Å². The van der Waals surface area contributed by atoms with Crippen LogP contribution in [0.15, 0.2) is 35.2 Å². The van der Waals surface area contributed by atoms with Gasteiger partial charge in [-0.05, 0) is 12.1 Å². The van der Waals surface area contributed by atoms with E-state index in [-0.39, 0.29) is 5.88 Å². The first-order chi connectivity index (χ1) is 9.56. The molecule has 0 atom stereocenters. The molecule has 3 aromatic rings. The van der Waals surface area contributed by atoms with Crippen LogP contribution in [0.3, 0.4) is 0 Å². The maximum Gasteiger partial charge on any atom is 0.230 e. The normalized spacial score (nSPS) is 10.9. The summed E-state index contributed by atoms with van der Waals surface area (Å²) < 4.78 is 6.90. The molecule has 0 fully saturated rings. The van der Waals surface area contributed by atoms with Gasteiger partial charge < -0.3 is 14.8 Å². The van der Waals surface area contributed by atoms with Crippen molar-refractivity contribution in [1.82, 2.24) is 14.7 Å². The third-order valence-corrected chi connectivity index (χ3v) is 3.41. The molecule has 102 valence electrons. The van der Waals surface area contributed by atoms with Crippen LogP contribution in [0.5, 0.6) is 0 Å². The minimum Gasteiger partial charge on any atom is -0.367 e. The number of aryl methyl sites for hydroxylation is 1. The Morgan fingerprint density at radius 2 is 2.10 bits per heavy atom. The predicted octanol–water partition coefficient (Wildman–Crippen LogP) is 3.63. The Balaban J connectivity index is 2.21. The lowest BCUT2D eigenvalue weighted by molar-refractivity contribution is 0.439. The second-order valence-corrected chi connectivity index (χ2v) is 5.16. The van der Waals surface area contributed by atoms with E-state index >= 15 is 0 Å². The predicted molar refractivity (Wildman–Crippen MR) is 78.6 cm³/mol. The van der Waals surface area contributed by atoms with Gasteiger partial charge in [-0.3, -0.25) is 0 Å². The molecule has 3 rings (SSSR count). The van der Waals surface area contributed by atoms with Crippen molar-refractivity contribution < 1.29 is 4.52 Å². The van der Waals surface area contributed by atoms with Crippen molar-refractivity contribution >= 4 is 29.1 Å². The van der Waals surface area contributed by atoms with Crippen LogP contribution in [0.4, 0.5) is 5.88 Å². The lowest BCUT2D eigenvalue weighted by atomic mass is 10.0. The number of nitrogens with zero attached hydrogens (tertiary/aromatic N) is 3. The van der Waals surface area contributed by atoms with E-state index in [0.717, 1.165) is 0 Å². The topological polar surface area (TPSA) is 69.9 Å². The van der Waals surface area contributed by atoms with E-state index in [2.05, 4.69) is 10.1 Å². The summed E-state index contributed by atoms with van der Waals surface area (Å²) in [5.41, 5.74) is 8.40.